The van der Waals surface area contributed by atoms with Gasteiger partial charge in [-0.25, -0.2) is 0 Å². The first-order chi connectivity index (χ1) is 32.7. The molecule has 66 heavy (non-hydrogen) atoms. The summed E-state index contributed by atoms with van der Waals surface area (Å²) in [4.78, 5) is 2.42. The van der Waals surface area contributed by atoms with Crippen LogP contribution in [0.2, 0.25) is 0 Å². The Morgan fingerprint density at radius 1 is 0.258 bits per heavy atom. The van der Waals surface area contributed by atoms with E-state index in [1.165, 1.54) is 55.3 Å². The predicted octanol–water partition coefficient (Wildman–Crippen LogP) is 18.2. The standard InChI is InChI=1S/C64H43NO/c1-3-17-44(18-4-1)50-37-40-57(61(43-50)56-26-10-9-25-54(56)47-20-5-2-6-21-47)58-27-11-13-31-62(58)65(52-38-35-46(36-39-52)49-34-33-45-19-7-8-22-48(45)41-49)53-24-15-23-51(42-53)55-29-16-30-60-59-28-12-14-32-63(59)66-64(55)60/h1-43H. The third-order valence-corrected chi connectivity index (χ3v) is 12.9. The zero-order valence-corrected chi connectivity index (χ0v) is 36.2. The molecular formula is C64H43NO. The van der Waals surface area contributed by atoms with Gasteiger partial charge in [0, 0.05) is 33.3 Å². The molecule has 0 bridgehead atoms. The second-order valence-corrected chi connectivity index (χ2v) is 16.8. The van der Waals surface area contributed by atoms with Gasteiger partial charge in [0.2, 0.25) is 0 Å². The van der Waals surface area contributed by atoms with Crippen molar-refractivity contribution >= 4 is 49.8 Å². The van der Waals surface area contributed by atoms with Crippen molar-refractivity contribution in [2.75, 3.05) is 4.90 Å². The van der Waals surface area contributed by atoms with Gasteiger partial charge in [-0.3, -0.25) is 0 Å². The average molecular weight is 842 g/mol. The Kier molecular flexibility index (Phi) is 9.89. The van der Waals surface area contributed by atoms with Gasteiger partial charge in [0.05, 0.1) is 5.69 Å². The van der Waals surface area contributed by atoms with E-state index < -0.39 is 0 Å². The number of hydrogen-bond donors (Lipinski definition) is 0. The summed E-state index contributed by atoms with van der Waals surface area (Å²) in [6.07, 6.45) is 0. The molecule has 0 atom stereocenters. The fourth-order valence-electron chi connectivity index (χ4n) is 9.68. The fraction of sp³-hybridized carbons (Fsp3) is 0. The van der Waals surface area contributed by atoms with Crippen LogP contribution >= 0.6 is 0 Å². The van der Waals surface area contributed by atoms with E-state index in [2.05, 4.69) is 260 Å². The maximum absolute atomic E-state index is 6.59. The van der Waals surface area contributed by atoms with E-state index >= 15 is 0 Å². The Morgan fingerprint density at radius 2 is 0.818 bits per heavy atom. The van der Waals surface area contributed by atoms with Crippen molar-refractivity contribution in [2.45, 2.75) is 0 Å². The highest BCUT2D eigenvalue weighted by Crippen LogP contribution is 2.47. The Balaban J connectivity index is 1.06. The van der Waals surface area contributed by atoms with Gasteiger partial charge >= 0.3 is 0 Å². The summed E-state index contributed by atoms with van der Waals surface area (Å²) < 4.78 is 6.59. The SMILES string of the molecule is c1ccc(-c2ccc(-c3ccccc3N(c3ccc(-c4ccc5ccccc5c4)cc3)c3cccc(-c4cccc5c4oc4ccccc45)c3)c(-c3ccccc3-c3ccccc3)c2)cc1. The maximum Gasteiger partial charge on any atom is 0.143 e. The maximum atomic E-state index is 6.59. The second-order valence-electron chi connectivity index (χ2n) is 16.8. The van der Waals surface area contributed by atoms with Crippen LogP contribution in [-0.2, 0) is 0 Å². The predicted molar refractivity (Wildman–Crippen MR) is 279 cm³/mol. The molecular weight excluding hydrogens is 799 g/mol. The van der Waals surface area contributed by atoms with Gasteiger partial charge in [0.25, 0.3) is 0 Å². The molecule has 12 aromatic rings. The summed E-state index contributed by atoms with van der Waals surface area (Å²) >= 11 is 0. The molecule has 0 aliphatic rings. The lowest BCUT2D eigenvalue weighted by molar-refractivity contribution is 0.670. The number of furan rings is 1. The van der Waals surface area contributed by atoms with Crippen LogP contribution < -0.4 is 4.90 Å². The Labute approximate surface area is 384 Å². The highest BCUT2D eigenvalue weighted by molar-refractivity contribution is 6.10. The number of rotatable bonds is 9. The van der Waals surface area contributed by atoms with Gasteiger partial charge < -0.3 is 9.32 Å². The summed E-state index contributed by atoms with van der Waals surface area (Å²) in [6.45, 7) is 0. The van der Waals surface area contributed by atoms with Crippen LogP contribution in [0.5, 0.6) is 0 Å². The van der Waals surface area contributed by atoms with Gasteiger partial charge in [-0.05, 0) is 115 Å². The van der Waals surface area contributed by atoms with Crippen molar-refractivity contribution in [2.24, 2.45) is 0 Å². The van der Waals surface area contributed by atoms with Gasteiger partial charge in [-0.1, -0.05) is 212 Å². The molecule has 0 saturated heterocycles. The molecule has 0 aliphatic heterocycles. The number of hydrogen-bond acceptors (Lipinski definition) is 2. The number of anilines is 3. The zero-order chi connectivity index (χ0) is 43.8. The summed E-state index contributed by atoms with van der Waals surface area (Å²) in [5.74, 6) is 0. The minimum Gasteiger partial charge on any atom is -0.455 e. The second kappa shape index (κ2) is 16.8. The van der Waals surface area contributed by atoms with Crippen molar-refractivity contribution in [3.8, 4) is 66.8 Å². The van der Waals surface area contributed by atoms with Crippen molar-refractivity contribution < 1.29 is 4.42 Å². The molecule has 2 nitrogen and oxygen atoms in total. The number of nitrogens with zero attached hydrogens (tertiary/aromatic N) is 1. The van der Waals surface area contributed by atoms with Crippen molar-refractivity contribution in [1.29, 1.82) is 0 Å². The zero-order valence-electron chi connectivity index (χ0n) is 36.2. The minimum absolute atomic E-state index is 0.890. The number of benzene rings is 11. The van der Waals surface area contributed by atoms with E-state index in [1.54, 1.807) is 0 Å². The van der Waals surface area contributed by atoms with Crippen molar-refractivity contribution in [3.05, 3.63) is 261 Å². The first-order valence-corrected chi connectivity index (χ1v) is 22.6. The summed E-state index contributed by atoms with van der Waals surface area (Å²) in [6, 6.07) is 94.0. The molecule has 310 valence electrons. The summed E-state index contributed by atoms with van der Waals surface area (Å²) in [7, 11) is 0. The molecule has 0 unspecified atom stereocenters. The smallest absolute Gasteiger partial charge is 0.143 e. The van der Waals surface area contributed by atoms with Crippen LogP contribution in [0.4, 0.5) is 17.1 Å². The molecule has 0 amide bonds. The largest absolute Gasteiger partial charge is 0.455 e. The van der Waals surface area contributed by atoms with Crippen LogP contribution in [0, 0.1) is 0 Å². The van der Waals surface area contributed by atoms with E-state index in [4.69, 9.17) is 4.42 Å². The highest BCUT2D eigenvalue weighted by atomic mass is 16.3. The molecule has 0 saturated carbocycles. The van der Waals surface area contributed by atoms with Gasteiger partial charge in [0.1, 0.15) is 11.2 Å². The van der Waals surface area contributed by atoms with Crippen LogP contribution in [0.15, 0.2) is 265 Å². The molecule has 1 heterocycles. The molecule has 2 heteroatoms. The monoisotopic (exact) mass is 841 g/mol. The van der Waals surface area contributed by atoms with Gasteiger partial charge in [0.15, 0.2) is 0 Å². The lowest BCUT2D eigenvalue weighted by atomic mass is 9.86. The minimum atomic E-state index is 0.890. The average Bonchev–Trinajstić information content (AvgIpc) is 3.79. The van der Waals surface area contributed by atoms with Crippen molar-refractivity contribution in [1.82, 2.24) is 0 Å². The molecule has 0 radical (unpaired) electrons. The molecule has 11 aromatic carbocycles. The number of para-hydroxylation sites is 3. The quantitative estimate of drug-likeness (QED) is 0.144. The molecule has 0 N–H and O–H groups in total. The molecule has 0 aliphatic carbocycles. The third-order valence-electron chi connectivity index (χ3n) is 12.9. The first kappa shape index (κ1) is 38.9. The lowest BCUT2D eigenvalue weighted by Crippen LogP contribution is -2.11. The summed E-state index contributed by atoms with van der Waals surface area (Å²) in [5, 5.41) is 4.70. The van der Waals surface area contributed by atoms with E-state index in [-0.39, 0.29) is 0 Å². The van der Waals surface area contributed by atoms with E-state index in [0.717, 1.165) is 61.3 Å². The fourth-order valence-corrected chi connectivity index (χ4v) is 9.68. The summed E-state index contributed by atoms with van der Waals surface area (Å²) in [5.41, 5.74) is 18.8. The van der Waals surface area contributed by atoms with E-state index in [0.29, 0.717) is 0 Å². The third kappa shape index (κ3) is 7.12. The lowest BCUT2D eigenvalue weighted by Gasteiger charge is -2.29. The normalized spacial score (nSPS) is 11.3. The topological polar surface area (TPSA) is 16.4 Å². The van der Waals surface area contributed by atoms with Crippen LogP contribution in [0.25, 0.3) is 99.5 Å². The Hall–Kier alpha value is -8.72. The van der Waals surface area contributed by atoms with E-state index in [9.17, 15) is 0 Å². The molecule has 0 fully saturated rings. The van der Waals surface area contributed by atoms with Gasteiger partial charge in [-0.2, -0.15) is 0 Å². The van der Waals surface area contributed by atoms with Crippen LogP contribution in [-0.4, -0.2) is 0 Å². The van der Waals surface area contributed by atoms with Crippen LogP contribution in [0.3, 0.4) is 0 Å². The number of fused-ring (bicyclic) bond motifs is 4. The Morgan fingerprint density at radius 3 is 1.65 bits per heavy atom. The van der Waals surface area contributed by atoms with Crippen LogP contribution in [0.1, 0.15) is 0 Å². The van der Waals surface area contributed by atoms with E-state index in [1.807, 2.05) is 6.07 Å². The molecule has 12 rings (SSSR count). The van der Waals surface area contributed by atoms with Crippen molar-refractivity contribution in [3.63, 3.8) is 0 Å². The Bertz CT molecular complexity index is 3700. The van der Waals surface area contributed by atoms with Gasteiger partial charge in [-0.15, -0.1) is 0 Å². The highest BCUT2D eigenvalue weighted by Gasteiger charge is 2.22. The molecule has 0 spiro atoms. The first-order valence-electron chi connectivity index (χ1n) is 22.6. The molecule has 1 aromatic heterocycles.